The lowest BCUT2D eigenvalue weighted by Crippen LogP contribution is -2.15. The number of aromatic nitrogens is 3. The third kappa shape index (κ3) is 6.77. The zero-order chi connectivity index (χ0) is 22.2. The second-order valence-electron chi connectivity index (χ2n) is 6.71. The Morgan fingerprint density at radius 3 is 2.68 bits per heavy atom. The molecule has 0 saturated heterocycles. The summed E-state index contributed by atoms with van der Waals surface area (Å²) < 4.78 is 1.99. The van der Waals surface area contributed by atoms with Crippen molar-refractivity contribution in [2.24, 2.45) is 0 Å². The summed E-state index contributed by atoms with van der Waals surface area (Å²) in [5.74, 6) is 2.45. The molecule has 0 radical (unpaired) electrons. The Morgan fingerprint density at radius 2 is 1.94 bits per heavy atom. The van der Waals surface area contributed by atoms with Gasteiger partial charge < -0.3 is 9.88 Å². The molecule has 0 bridgehead atoms. The first-order valence-corrected chi connectivity index (χ1v) is 12.4. The highest BCUT2D eigenvalue weighted by atomic mass is 35.5. The molecule has 3 rings (SSSR count). The van der Waals surface area contributed by atoms with Gasteiger partial charge in [0.25, 0.3) is 0 Å². The molecule has 0 unspecified atom stereocenters. The highest BCUT2D eigenvalue weighted by Crippen LogP contribution is 2.30. The van der Waals surface area contributed by atoms with E-state index in [1.165, 1.54) is 22.9 Å². The molecular formula is C22H22Cl2N4OS2. The number of rotatable bonds is 10. The van der Waals surface area contributed by atoms with E-state index in [0.29, 0.717) is 27.4 Å². The third-order valence-electron chi connectivity index (χ3n) is 4.28. The predicted octanol–water partition coefficient (Wildman–Crippen LogP) is 6.24. The molecule has 0 aliphatic heterocycles. The van der Waals surface area contributed by atoms with Gasteiger partial charge in [0, 0.05) is 12.3 Å². The van der Waals surface area contributed by atoms with E-state index in [-0.39, 0.29) is 11.7 Å². The minimum absolute atomic E-state index is 0.175. The molecule has 3 aromatic rings. The van der Waals surface area contributed by atoms with E-state index in [1.807, 2.05) is 4.57 Å². The third-order valence-corrected chi connectivity index (χ3v) is 7.07. The highest BCUT2D eigenvalue weighted by molar-refractivity contribution is 7.99. The van der Waals surface area contributed by atoms with Crippen molar-refractivity contribution >= 4 is 58.3 Å². The average Bonchev–Trinajstić information content (AvgIpc) is 3.13. The van der Waals surface area contributed by atoms with Crippen molar-refractivity contribution in [3.05, 3.63) is 82.1 Å². The fourth-order valence-electron chi connectivity index (χ4n) is 2.71. The van der Waals surface area contributed by atoms with Crippen molar-refractivity contribution in [1.29, 1.82) is 0 Å². The Bertz CT molecular complexity index is 1050. The van der Waals surface area contributed by atoms with Crippen molar-refractivity contribution < 1.29 is 4.79 Å². The zero-order valence-electron chi connectivity index (χ0n) is 17.0. The minimum atomic E-state index is -0.197. The number of nitrogens with zero attached hydrogens (tertiary/aromatic N) is 3. The van der Waals surface area contributed by atoms with Crippen LogP contribution in [0, 0.1) is 6.92 Å². The molecule has 1 N–H and O–H groups in total. The van der Waals surface area contributed by atoms with Gasteiger partial charge in [-0.15, -0.1) is 28.5 Å². The van der Waals surface area contributed by atoms with Crippen molar-refractivity contribution in [3.8, 4) is 0 Å². The lowest BCUT2D eigenvalue weighted by molar-refractivity contribution is -0.113. The first-order valence-electron chi connectivity index (χ1n) is 9.51. The summed E-state index contributed by atoms with van der Waals surface area (Å²) in [5, 5.41) is 12.8. The molecule has 1 aromatic heterocycles. The van der Waals surface area contributed by atoms with Crippen LogP contribution in [0.15, 0.2) is 60.3 Å². The van der Waals surface area contributed by atoms with Crippen LogP contribution in [-0.2, 0) is 22.8 Å². The first kappa shape index (κ1) is 23.7. The number of hydrogen-bond donors (Lipinski definition) is 1. The van der Waals surface area contributed by atoms with E-state index in [9.17, 15) is 4.79 Å². The number of aryl methyl sites for hydroxylation is 1. The van der Waals surface area contributed by atoms with Crippen LogP contribution in [0.25, 0.3) is 0 Å². The van der Waals surface area contributed by atoms with E-state index >= 15 is 0 Å². The molecule has 1 amide bonds. The summed E-state index contributed by atoms with van der Waals surface area (Å²) in [6.45, 7) is 6.49. The summed E-state index contributed by atoms with van der Waals surface area (Å²) in [4.78, 5) is 12.4. The Labute approximate surface area is 200 Å². The second-order valence-corrected chi connectivity index (χ2v) is 9.43. The van der Waals surface area contributed by atoms with Crippen LogP contribution in [0.1, 0.15) is 17.0 Å². The van der Waals surface area contributed by atoms with Crippen molar-refractivity contribution in [2.45, 2.75) is 30.1 Å². The van der Waals surface area contributed by atoms with Gasteiger partial charge in [-0.25, -0.2) is 0 Å². The van der Waals surface area contributed by atoms with E-state index in [1.54, 1.807) is 36.0 Å². The molecule has 0 saturated carbocycles. The second kappa shape index (κ2) is 11.6. The fraction of sp³-hybridized carbons (Fsp3) is 0.227. The van der Waals surface area contributed by atoms with E-state index in [2.05, 4.69) is 53.3 Å². The first-order chi connectivity index (χ1) is 15.0. The molecule has 31 heavy (non-hydrogen) atoms. The number of hydrogen-bond acceptors (Lipinski definition) is 5. The van der Waals surface area contributed by atoms with Crippen molar-refractivity contribution in [2.75, 3.05) is 11.1 Å². The molecule has 0 aliphatic carbocycles. The lowest BCUT2D eigenvalue weighted by atomic mass is 10.2. The Balaban J connectivity index is 1.57. The molecule has 0 fully saturated rings. The standard InChI is InChI=1S/C22H22Cl2N4OS2/c1-3-11-28-19(13-30-12-16-9-7-15(2)8-10-16)26-27-22(28)31-14-20(29)25-18-6-4-5-17(23)21(18)24/h3-10H,1,11-14H2,2H3,(H,25,29). The number of anilines is 1. The number of nitrogens with one attached hydrogen (secondary N) is 1. The Kier molecular flexibility index (Phi) is 8.90. The van der Waals surface area contributed by atoms with Gasteiger partial charge in [-0.3, -0.25) is 4.79 Å². The van der Waals surface area contributed by atoms with Gasteiger partial charge in [0.15, 0.2) is 5.16 Å². The number of amides is 1. The van der Waals surface area contributed by atoms with Crippen LogP contribution in [0.2, 0.25) is 10.0 Å². The molecule has 2 aromatic carbocycles. The highest BCUT2D eigenvalue weighted by Gasteiger charge is 2.15. The summed E-state index contributed by atoms with van der Waals surface area (Å²) in [6, 6.07) is 13.6. The number of carbonyl (C=O) groups excluding carboxylic acids is 1. The molecule has 0 spiro atoms. The molecule has 0 atom stereocenters. The average molecular weight is 493 g/mol. The van der Waals surface area contributed by atoms with Crippen LogP contribution in [-0.4, -0.2) is 26.4 Å². The summed E-state index contributed by atoms with van der Waals surface area (Å²) in [7, 11) is 0. The van der Waals surface area contributed by atoms with Crippen LogP contribution < -0.4 is 5.32 Å². The van der Waals surface area contributed by atoms with Crippen LogP contribution in [0.4, 0.5) is 5.69 Å². The van der Waals surface area contributed by atoms with Crippen LogP contribution in [0.3, 0.4) is 0 Å². The van der Waals surface area contributed by atoms with E-state index in [4.69, 9.17) is 23.2 Å². The number of halogens is 2. The van der Waals surface area contributed by atoms with Crippen molar-refractivity contribution in [3.63, 3.8) is 0 Å². The molecule has 5 nitrogen and oxygen atoms in total. The minimum Gasteiger partial charge on any atom is -0.324 e. The van der Waals surface area contributed by atoms with Gasteiger partial charge in [-0.05, 0) is 24.6 Å². The smallest absolute Gasteiger partial charge is 0.234 e. The van der Waals surface area contributed by atoms with Crippen LogP contribution >= 0.6 is 46.7 Å². The summed E-state index contributed by atoms with van der Waals surface area (Å²) in [5.41, 5.74) is 3.01. The zero-order valence-corrected chi connectivity index (χ0v) is 20.1. The maximum atomic E-state index is 12.4. The fourth-order valence-corrected chi connectivity index (χ4v) is 4.75. The van der Waals surface area contributed by atoms with Gasteiger partial charge in [0.2, 0.25) is 5.91 Å². The topological polar surface area (TPSA) is 59.8 Å². The van der Waals surface area contributed by atoms with E-state index in [0.717, 1.165) is 17.3 Å². The number of benzene rings is 2. The maximum Gasteiger partial charge on any atom is 0.234 e. The molecule has 162 valence electrons. The monoisotopic (exact) mass is 492 g/mol. The molecular weight excluding hydrogens is 471 g/mol. The molecule has 0 aliphatic rings. The quantitative estimate of drug-likeness (QED) is 0.268. The Morgan fingerprint density at radius 1 is 1.16 bits per heavy atom. The van der Waals surface area contributed by atoms with Crippen molar-refractivity contribution in [1.82, 2.24) is 14.8 Å². The van der Waals surface area contributed by atoms with Gasteiger partial charge in [0.05, 0.1) is 27.2 Å². The number of thioether (sulfide) groups is 2. The van der Waals surface area contributed by atoms with Gasteiger partial charge in [-0.2, -0.15) is 0 Å². The van der Waals surface area contributed by atoms with Gasteiger partial charge in [0.1, 0.15) is 5.82 Å². The maximum absolute atomic E-state index is 12.4. The SMILES string of the molecule is C=CCn1c(CSCc2ccc(C)cc2)nnc1SCC(=O)Nc1cccc(Cl)c1Cl. The van der Waals surface area contributed by atoms with Gasteiger partial charge >= 0.3 is 0 Å². The number of carbonyl (C=O) groups is 1. The normalized spacial score (nSPS) is 10.8. The lowest BCUT2D eigenvalue weighted by Gasteiger charge is -2.09. The van der Waals surface area contributed by atoms with Crippen LogP contribution in [0.5, 0.6) is 0 Å². The van der Waals surface area contributed by atoms with E-state index < -0.39 is 0 Å². The summed E-state index contributed by atoms with van der Waals surface area (Å²) >= 11 is 15.2. The van der Waals surface area contributed by atoms with Gasteiger partial charge in [-0.1, -0.05) is 76.9 Å². The largest absolute Gasteiger partial charge is 0.324 e. The molecule has 9 heteroatoms. The summed E-state index contributed by atoms with van der Waals surface area (Å²) in [6.07, 6.45) is 1.80. The predicted molar refractivity (Wildman–Crippen MR) is 132 cm³/mol. The molecule has 1 heterocycles. The number of allylic oxidation sites excluding steroid dienone is 1. The Hall–Kier alpha value is -1.93.